The second-order valence-electron chi connectivity index (χ2n) is 4.76. The normalized spacial score (nSPS) is 12.4. The van der Waals surface area contributed by atoms with E-state index in [0.29, 0.717) is 10.0 Å². The van der Waals surface area contributed by atoms with Crippen LogP contribution in [0.15, 0.2) is 42.5 Å². The van der Waals surface area contributed by atoms with Crippen LogP contribution in [0.4, 0.5) is 4.39 Å². The quantitative estimate of drug-likeness (QED) is 0.857. The van der Waals surface area contributed by atoms with Crippen LogP contribution in [0.5, 0.6) is 0 Å². The molecule has 1 nitrogen and oxygen atoms in total. The first-order valence-electron chi connectivity index (χ1n) is 6.44. The van der Waals surface area contributed by atoms with Crippen molar-refractivity contribution in [3.05, 3.63) is 69.5 Å². The second-order valence-corrected chi connectivity index (χ2v) is 5.60. The van der Waals surface area contributed by atoms with Crippen molar-refractivity contribution >= 4 is 23.2 Å². The molecule has 1 N–H and O–H groups in total. The third-order valence-corrected chi connectivity index (χ3v) is 3.87. The molecule has 0 saturated heterocycles. The summed E-state index contributed by atoms with van der Waals surface area (Å²) in [6, 6.07) is 12.4. The van der Waals surface area contributed by atoms with E-state index in [1.165, 1.54) is 12.1 Å². The highest BCUT2D eigenvalue weighted by molar-refractivity contribution is 6.35. The Morgan fingerprint density at radius 1 is 1.05 bits per heavy atom. The fraction of sp³-hybridized carbons (Fsp3) is 0.250. The van der Waals surface area contributed by atoms with Gasteiger partial charge in [0.1, 0.15) is 5.82 Å². The van der Waals surface area contributed by atoms with E-state index < -0.39 is 0 Å². The van der Waals surface area contributed by atoms with Crippen LogP contribution < -0.4 is 5.32 Å². The molecule has 1 unspecified atom stereocenters. The summed E-state index contributed by atoms with van der Waals surface area (Å²) in [7, 11) is 1.91. The summed E-state index contributed by atoms with van der Waals surface area (Å²) in [5.41, 5.74) is 2.15. The Labute approximate surface area is 128 Å². The zero-order valence-electron chi connectivity index (χ0n) is 11.2. The Kier molecular flexibility index (Phi) is 5.41. The van der Waals surface area contributed by atoms with Crippen LogP contribution in [-0.2, 0) is 12.8 Å². The lowest BCUT2D eigenvalue weighted by Crippen LogP contribution is -2.30. The van der Waals surface area contributed by atoms with Crippen LogP contribution in [0.25, 0.3) is 0 Å². The second kappa shape index (κ2) is 7.07. The Morgan fingerprint density at radius 2 is 1.75 bits per heavy atom. The first-order valence-corrected chi connectivity index (χ1v) is 7.19. The highest BCUT2D eigenvalue weighted by atomic mass is 35.5. The molecule has 2 aromatic carbocycles. The first-order chi connectivity index (χ1) is 9.58. The summed E-state index contributed by atoms with van der Waals surface area (Å²) in [5.74, 6) is -0.212. The summed E-state index contributed by atoms with van der Waals surface area (Å²) in [6.45, 7) is 0. The zero-order chi connectivity index (χ0) is 14.5. The molecule has 0 aliphatic rings. The lowest BCUT2D eigenvalue weighted by molar-refractivity contribution is 0.555. The molecule has 0 saturated carbocycles. The molecule has 0 aromatic heterocycles. The Hall–Kier alpha value is -1.09. The van der Waals surface area contributed by atoms with E-state index in [2.05, 4.69) is 5.32 Å². The van der Waals surface area contributed by atoms with E-state index >= 15 is 0 Å². The SMILES string of the molecule is CNC(Cc1ccc(F)cc1)Cc1ccc(Cl)cc1Cl. The predicted octanol–water partition coefficient (Wildman–Crippen LogP) is 4.51. The minimum absolute atomic E-state index is 0.212. The van der Waals surface area contributed by atoms with Crippen LogP contribution >= 0.6 is 23.2 Å². The number of benzene rings is 2. The molecule has 0 amide bonds. The van der Waals surface area contributed by atoms with Gasteiger partial charge in [0.15, 0.2) is 0 Å². The fourth-order valence-electron chi connectivity index (χ4n) is 2.13. The average molecular weight is 312 g/mol. The third-order valence-electron chi connectivity index (χ3n) is 3.29. The Morgan fingerprint density at radius 3 is 2.35 bits per heavy atom. The molecular weight excluding hydrogens is 296 g/mol. The van der Waals surface area contributed by atoms with Gasteiger partial charge in [-0.25, -0.2) is 4.39 Å². The summed E-state index contributed by atoms with van der Waals surface area (Å²) < 4.78 is 12.9. The third kappa shape index (κ3) is 4.20. The molecule has 1 atom stereocenters. The highest BCUT2D eigenvalue weighted by Gasteiger charge is 2.11. The molecule has 0 radical (unpaired) electrons. The maximum atomic E-state index is 12.9. The molecule has 20 heavy (non-hydrogen) atoms. The van der Waals surface area contributed by atoms with Gasteiger partial charge in [-0.2, -0.15) is 0 Å². The van der Waals surface area contributed by atoms with Gasteiger partial charge in [0.05, 0.1) is 0 Å². The maximum absolute atomic E-state index is 12.9. The molecule has 0 aliphatic heterocycles. The Balaban J connectivity index is 2.07. The molecule has 4 heteroatoms. The van der Waals surface area contributed by atoms with Crippen LogP contribution in [0.3, 0.4) is 0 Å². The summed E-state index contributed by atoms with van der Waals surface area (Å²) in [6.07, 6.45) is 1.61. The zero-order valence-corrected chi connectivity index (χ0v) is 12.7. The van der Waals surface area contributed by atoms with Gasteiger partial charge in [-0.1, -0.05) is 41.4 Å². The molecule has 0 heterocycles. The van der Waals surface area contributed by atoms with E-state index in [4.69, 9.17) is 23.2 Å². The average Bonchev–Trinajstić information content (AvgIpc) is 2.43. The van der Waals surface area contributed by atoms with Crippen LogP contribution in [0, 0.1) is 5.82 Å². The fourth-order valence-corrected chi connectivity index (χ4v) is 2.62. The largest absolute Gasteiger partial charge is 0.316 e. The molecule has 2 rings (SSSR count). The van der Waals surface area contributed by atoms with E-state index in [9.17, 15) is 4.39 Å². The van der Waals surface area contributed by atoms with Crippen molar-refractivity contribution < 1.29 is 4.39 Å². The maximum Gasteiger partial charge on any atom is 0.123 e. The van der Waals surface area contributed by atoms with Gasteiger partial charge in [-0.15, -0.1) is 0 Å². The number of hydrogen-bond acceptors (Lipinski definition) is 1. The Bertz CT molecular complexity index is 569. The van der Waals surface area contributed by atoms with Gasteiger partial charge in [0.25, 0.3) is 0 Å². The van der Waals surface area contributed by atoms with E-state index in [1.807, 2.05) is 31.3 Å². The van der Waals surface area contributed by atoms with Crippen molar-refractivity contribution in [3.8, 4) is 0 Å². The smallest absolute Gasteiger partial charge is 0.123 e. The van der Waals surface area contributed by atoms with Crippen LogP contribution in [0.1, 0.15) is 11.1 Å². The van der Waals surface area contributed by atoms with Crippen LogP contribution in [0.2, 0.25) is 10.0 Å². The number of halogens is 3. The summed E-state index contributed by atoms with van der Waals surface area (Å²) >= 11 is 12.1. The topological polar surface area (TPSA) is 12.0 Å². The number of likely N-dealkylation sites (N-methyl/N-ethyl adjacent to an activating group) is 1. The van der Waals surface area contributed by atoms with Gasteiger partial charge in [0.2, 0.25) is 0 Å². The molecule has 0 aliphatic carbocycles. The molecule has 0 bridgehead atoms. The van der Waals surface area contributed by atoms with Gasteiger partial charge in [0, 0.05) is 16.1 Å². The molecule has 0 spiro atoms. The van der Waals surface area contributed by atoms with Crippen molar-refractivity contribution in [2.75, 3.05) is 7.05 Å². The highest BCUT2D eigenvalue weighted by Crippen LogP contribution is 2.22. The molecule has 0 fully saturated rings. The predicted molar refractivity (Wildman–Crippen MR) is 83.1 cm³/mol. The van der Waals surface area contributed by atoms with Crippen molar-refractivity contribution in [2.45, 2.75) is 18.9 Å². The van der Waals surface area contributed by atoms with Gasteiger partial charge >= 0.3 is 0 Å². The summed E-state index contributed by atoms with van der Waals surface area (Å²) in [5, 5.41) is 4.59. The molecular formula is C16H16Cl2FN. The van der Waals surface area contributed by atoms with E-state index in [1.54, 1.807) is 6.07 Å². The number of nitrogens with one attached hydrogen (secondary N) is 1. The van der Waals surface area contributed by atoms with Gasteiger partial charge in [-0.3, -0.25) is 0 Å². The minimum atomic E-state index is -0.212. The van der Waals surface area contributed by atoms with E-state index in [0.717, 1.165) is 24.0 Å². The van der Waals surface area contributed by atoms with Crippen molar-refractivity contribution in [3.63, 3.8) is 0 Å². The van der Waals surface area contributed by atoms with Gasteiger partial charge in [-0.05, 0) is 55.3 Å². The lowest BCUT2D eigenvalue weighted by Gasteiger charge is -2.17. The number of hydrogen-bond donors (Lipinski definition) is 1. The molecule has 2 aromatic rings. The van der Waals surface area contributed by atoms with Crippen molar-refractivity contribution in [1.29, 1.82) is 0 Å². The van der Waals surface area contributed by atoms with Gasteiger partial charge < -0.3 is 5.32 Å². The lowest BCUT2D eigenvalue weighted by atomic mass is 9.99. The minimum Gasteiger partial charge on any atom is -0.316 e. The monoisotopic (exact) mass is 311 g/mol. The van der Waals surface area contributed by atoms with Crippen molar-refractivity contribution in [1.82, 2.24) is 5.32 Å². The van der Waals surface area contributed by atoms with E-state index in [-0.39, 0.29) is 11.9 Å². The van der Waals surface area contributed by atoms with Crippen molar-refractivity contribution in [2.24, 2.45) is 0 Å². The van der Waals surface area contributed by atoms with Crippen LogP contribution in [-0.4, -0.2) is 13.1 Å². The summed E-state index contributed by atoms with van der Waals surface area (Å²) in [4.78, 5) is 0. The number of rotatable bonds is 5. The molecule has 106 valence electrons. The standard InChI is InChI=1S/C16H16Cl2FN/c1-20-15(8-11-2-6-14(19)7-3-11)9-12-4-5-13(17)10-16(12)18/h2-7,10,15,20H,8-9H2,1H3. The first kappa shape index (κ1) is 15.3.